The number of sulfone groups is 1. The summed E-state index contributed by atoms with van der Waals surface area (Å²) in [6.07, 6.45) is 0. The molecular weight excluding hydrogens is 378 g/mol. The Bertz CT molecular complexity index is 844. The molecule has 0 radical (unpaired) electrons. The first-order chi connectivity index (χ1) is 10.8. The van der Waals surface area contributed by atoms with Crippen molar-refractivity contribution in [2.45, 2.75) is 17.1 Å². The first kappa shape index (κ1) is 18.4. The second-order valence-corrected chi connectivity index (χ2v) is 10.4. The van der Waals surface area contributed by atoms with Crippen LogP contribution in [-0.4, -0.2) is 29.1 Å². The molecule has 1 atom stereocenters. The fraction of sp³-hybridized carbons (Fsp3) is 0.286. The van der Waals surface area contributed by atoms with Crippen molar-refractivity contribution in [1.82, 2.24) is 4.72 Å². The third kappa shape index (κ3) is 4.54. The molecular formula is C14H16ClNO4S3. The van der Waals surface area contributed by atoms with Crippen LogP contribution in [0.15, 0.2) is 46.7 Å². The Morgan fingerprint density at radius 2 is 1.78 bits per heavy atom. The van der Waals surface area contributed by atoms with Gasteiger partial charge in [-0.05, 0) is 42.6 Å². The third-order valence-electron chi connectivity index (χ3n) is 3.25. The molecule has 0 spiro atoms. The molecule has 9 heteroatoms. The highest BCUT2D eigenvalue weighted by Crippen LogP contribution is 2.32. The molecule has 1 aromatic carbocycles. The fourth-order valence-corrected chi connectivity index (χ4v) is 5.57. The molecule has 126 valence electrons. The van der Waals surface area contributed by atoms with Crippen LogP contribution in [0.1, 0.15) is 17.1 Å². The summed E-state index contributed by atoms with van der Waals surface area (Å²) >= 11 is 7.07. The summed E-state index contributed by atoms with van der Waals surface area (Å²) in [5.74, 6) is -0.106. The minimum Gasteiger partial charge on any atom is -0.223 e. The minimum absolute atomic E-state index is 0.106. The Kier molecular flexibility index (Phi) is 5.85. The molecule has 0 aliphatic carbocycles. The summed E-state index contributed by atoms with van der Waals surface area (Å²) in [7, 11) is -7.23. The predicted octanol–water partition coefficient (Wildman–Crippen LogP) is 2.86. The molecule has 1 unspecified atom stereocenters. The van der Waals surface area contributed by atoms with E-state index < -0.39 is 25.1 Å². The summed E-state index contributed by atoms with van der Waals surface area (Å²) in [6.45, 7) is 1.29. The van der Waals surface area contributed by atoms with Gasteiger partial charge in [0.1, 0.15) is 5.25 Å². The molecule has 5 nitrogen and oxygen atoms in total. The van der Waals surface area contributed by atoms with E-state index in [-0.39, 0.29) is 17.2 Å². The second-order valence-electron chi connectivity index (χ2n) is 4.75. The number of rotatable bonds is 7. The van der Waals surface area contributed by atoms with Gasteiger partial charge in [0, 0.05) is 16.4 Å². The first-order valence-corrected chi connectivity index (χ1v) is 11.2. The van der Waals surface area contributed by atoms with E-state index in [1.54, 1.807) is 17.5 Å². The number of hydrogen-bond acceptors (Lipinski definition) is 5. The van der Waals surface area contributed by atoms with Crippen LogP contribution in [0.5, 0.6) is 0 Å². The Morgan fingerprint density at radius 3 is 2.30 bits per heavy atom. The number of thiophene rings is 1. The van der Waals surface area contributed by atoms with Gasteiger partial charge in [-0.15, -0.1) is 11.3 Å². The van der Waals surface area contributed by atoms with Gasteiger partial charge < -0.3 is 0 Å². The summed E-state index contributed by atoms with van der Waals surface area (Å²) in [5, 5.41) is 1.21. The average molecular weight is 394 g/mol. The third-order valence-corrected chi connectivity index (χ3v) is 8.10. The van der Waals surface area contributed by atoms with Gasteiger partial charge >= 0.3 is 0 Å². The van der Waals surface area contributed by atoms with Crippen molar-refractivity contribution in [3.63, 3.8) is 0 Å². The Labute approximate surface area is 145 Å². The lowest BCUT2D eigenvalue weighted by Gasteiger charge is -2.17. The fourth-order valence-electron chi connectivity index (χ4n) is 1.93. The summed E-state index contributed by atoms with van der Waals surface area (Å²) < 4.78 is 51.4. The molecule has 23 heavy (non-hydrogen) atoms. The molecule has 1 N–H and O–H groups in total. The summed E-state index contributed by atoms with van der Waals surface area (Å²) in [6, 6.07) is 9.26. The van der Waals surface area contributed by atoms with Crippen LogP contribution >= 0.6 is 22.9 Å². The normalized spacial score (nSPS) is 13.8. The van der Waals surface area contributed by atoms with Crippen molar-refractivity contribution in [3.05, 3.63) is 51.7 Å². The van der Waals surface area contributed by atoms with Crippen LogP contribution in [0.2, 0.25) is 5.02 Å². The number of sulfonamides is 1. The van der Waals surface area contributed by atoms with Crippen molar-refractivity contribution in [1.29, 1.82) is 0 Å². The maximum absolute atomic E-state index is 12.9. The Balaban J connectivity index is 2.39. The van der Waals surface area contributed by atoms with E-state index in [0.29, 0.717) is 9.90 Å². The highest BCUT2D eigenvalue weighted by molar-refractivity contribution is 7.92. The van der Waals surface area contributed by atoms with Gasteiger partial charge in [0.15, 0.2) is 9.84 Å². The second kappa shape index (κ2) is 7.31. The Morgan fingerprint density at radius 1 is 1.13 bits per heavy atom. The number of nitrogens with one attached hydrogen (secondary N) is 1. The van der Waals surface area contributed by atoms with Gasteiger partial charge in [-0.3, -0.25) is 0 Å². The van der Waals surface area contributed by atoms with Gasteiger partial charge in [-0.25, -0.2) is 21.6 Å². The lowest BCUT2D eigenvalue weighted by molar-refractivity contribution is 0.570. The van der Waals surface area contributed by atoms with E-state index in [1.807, 2.05) is 0 Å². The first-order valence-electron chi connectivity index (χ1n) is 6.76. The minimum atomic E-state index is -3.75. The SMILES string of the molecule is CCS(=O)(=O)NCC(c1cccs1)S(=O)(=O)c1ccc(Cl)cc1. The zero-order valence-electron chi connectivity index (χ0n) is 12.3. The van der Waals surface area contributed by atoms with E-state index in [4.69, 9.17) is 11.6 Å². The van der Waals surface area contributed by atoms with Crippen LogP contribution in [0.3, 0.4) is 0 Å². The molecule has 1 aromatic heterocycles. The van der Waals surface area contributed by atoms with Crippen molar-refractivity contribution in [3.8, 4) is 0 Å². The van der Waals surface area contributed by atoms with Crippen LogP contribution in [0.25, 0.3) is 0 Å². The Hall–Kier alpha value is -0.930. The van der Waals surface area contributed by atoms with Crippen LogP contribution in [0.4, 0.5) is 0 Å². The topological polar surface area (TPSA) is 80.3 Å². The number of benzene rings is 1. The molecule has 0 amide bonds. The molecule has 0 saturated heterocycles. The van der Waals surface area contributed by atoms with Gasteiger partial charge in [0.05, 0.1) is 10.6 Å². The molecule has 0 saturated carbocycles. The number of hydrogen-bond donors (Lipinski definition) is 1. The maximum atomic E-state index is 12.9. The average Bonchev–Trinajstić information content (AvgIpc) is 3.01. The van der Waals surface area contributed by atoms with Gasteiger partial charge in [-0.1, -0.05) is 17.7 Å². The smallest absolute Gasteiger partial charge is 0.211 e. The molecule has 1 heterocycles. The largest absolute Gasteiger partial charge is 0.223 e. The van der Waals surface area contributed by atoms with E-state index in [2.05, 4.69) is 4.72 Å². The molecule has 0 aliphatic rings. The standard InChI is InChI=1S/C14H16ClNO4S3/c1-2-22(17,18)16-10-14(13-4-3-9-21-13)23(19,20)12-7-5-11(15)6-8-12/h3-9,14,16H,2,10H2,1H3. The lowest BCUT2D eigenvalue weighted by Crippen LogP contribution is -2.32. The molecule has 0 fully saturated rings. The predicted molar refractivity (Wildman–Crippen MR) is 93.2 cm³/mol. The monoisotopic (exact) mass is 393 g/mol. The van der Waals surface area contributed by atoms with Crippen molar-refractivity contribution >= 4 is 42.8 Å². The molecule has 2 aromatic rings. The van der Waals surface area contributed by atoms with Crippen molar-refractivity contribution in [2.75, 3.05) is 12.3 Å². The van der Waals surface area contributed by atoms with Crippen LogP contribution in [0, 0.1) is 0 Å². The van der Waals surface area contributed by atoms with Gasteiger partial charge in [0.25, 0.3) is 0 Å². The lowest BCUT2D eigenvalue weighted by atomic mass is 10.3. The van der Waals surface area contributed by atoms with E-state index in [0.717, 1.165) is 0 Å². The molecule has 0 aliphatic heterocycles. The van der Waals surface area contributed by atoms with E-state index in [1.165, 1.54) is 42.5 Å². The zero-order valence-corrected chi connectivity index (χ0v) is 15.5. The van der Waals surface area contributed by atoms with Gasteiger partial charge in [0.2, 0.25) is 10.0 Å². The van der Waals surface area contributed by atoms with Crippen LogP contribution < -0.4 is 4.72 Å². The zero-order chi connectivity index (χ0) is 17.1. The molecule has 2 rings (SSSR count). The maximum Gasteiger partial charge on any atom is 0.211 e. The summed E-state index contributed by atoms with van der Waals surface area (Å²) in [4.78, 5) is 0.690. The van der Waals surface area contributed by atoms with E-state index in [9.17, 15) is 16.8 Å². The quantitative estimate of drug-likeness (QED) is 0.784. The van der Waals surface area contributed by atoms with Crippen molar-refractivity contribution < 1.29 is 16.8 Å². The van der Waals surface area contributed by atoms with Gasteiger partial charge in [-0.2, -0.15) is 0 Å². The highest BCUT2D eigenvalue weighted by Gasteiger charge is 2.31. The number of halogens is 1. The highest BCUT2D eigenvalue weighted by atomic mass is 35.5. The van der Waals surface area contributed by atoms with Crippen molar-refractivity contribution in [2.24, 2.45) is 0 Å². The summed E-state index contributed by atoms with van der Waals surface area (Å²) in [5.41, 5.74) is 0. The molecule has 0 bridgehead atoms. The van der Waals surface area contributed by atoms with E-state index >= 15 is 0 Å². The van der Waals surface area contributed by atoms with Crippen LogP contribution in [-0.2, 0) is 19.9 Å².